The number of rotatable bonds is 4. The highest BCUT2D eigenvalue weighted by atomic mass is 16.5. The fourth-order valence-electron chi connectivity index (χ4n) is 2.49. The molecular formula is C16H21NO2. The lowest BCUT2D eigenvalue weighted by atomic mass is 9.94. The molecule has 0 spiro atoms. The molecule has 1 aromatic rings. The molecule has 102 valence electrons. The summed E-state index contributed by atoms with van der Waals surface area (Å²) in [5.74, 6) is -0.186. The van der Waals surface area contributed by atoms with Gasteiger partial charge in [0.25, 0.3) is 0 Å². The van der Waals surface area contributed by atoms with E-state index in [0.29, 0.717) is 12.1 Å². The number of hydrogen-bond donors (Lipinski definition) is 1. The second kappa shape index (κ2) is 6.53. The van der Waals surface area contributed by atoms with E-state index in [9.17, 15) is 4.79 Å². The molecule has 19 heavy (non-hydrogen) atoms. The van der Waals surface area contributed by atoms with E-state index in [1.165, 1.54) is 12.7 Å². The second-order valence-electron chi connectivity index (χ2n) is 4.99. The zero-order valence-electron chi connectivity index (χ0n) is 11.6. The quantitative estimate of drug-likeness (QED) is 0.845. The van der Waals surface area contributed by atoms with Gasteiger partial charge in [0.15, 0.2) is 0 Å². The minimum Gasteiger partial charge on any atom is -0.466 e. The van der Waals surface area contributed by atoms with Crippen LogP contribution in [0.3, 0.4) is 0 Å². The molecule has 0 aromatic heterocycles. The lowest BCUT2D eigenvalue weighted by Crippen LogP contribution is -2.33. The molecule has 1 unspecified atom stereocenters. The standard InChI is InChI=1S/C16H21NO2/c1-12(13-6-4-3-5-7-13)17-15-10-8-14(9-11-15)16(18)19-2/h3-8,12,15,17H,9-11H2,1-2H3/t12-,15?/m0/s1. The van der Waals surface area contributed by atoms with Gasteiger partial charge in [0.2, 0.25) is 0 Å². The van der Waals surface area contributed by atoms with E-state index in [1.54, 1.807) is 0 Å². The fraction of sp³-hybridized carbons (Fsp3) is 0.438. The van der Waals surface area contributed by atoms with Gasteiger partial charge in [-0.15, -0.1) is 0 Å². The summed E-state index contributed by atoms with van der Waals surface area (Å²) in [5.41, 5.74) is 2.11. The molecule has 0 heterocycles. The molecule has 1 aliphatic carbocycles. The van der Waals surface area contributed by atoms with E-state index in [2.05, 4.69) is 36.5 Å². The van der Waals surface area contributed by atoms with Crippen molar-refractivity contribution in [3.63, 3.8) is 0 Å². The molecule has 0 saturated carbocycles. The summed E-state index contributed by atoms with van der Waals surface area (Å²) in [6.45, 7) is 2.18. The van der Waals surface area contributed by atoms with Crippen molar-refractivity contribution in [1.29, 1.82) is 0 Å². The number of benzene rings is 1. The first kappa shape index (κ1) is 13.8. The Labute approximate surface area is 114 Å². The molecule has 1 aromatic carbocycles. The van der Waals surface area contributed by atoms with Crippen molar-refractivity contribution in [2.24, 2.45) is 0 Å². The van der Waals surface area contributed by atoms with Crippen LogP contribution in [0.2, 0.25) is 0 Å². The SMILES string of the molecule is COC(=O)C1=CCC(N[C@@H](C)c2ccccc2)CC1. The minimum absolute atomic E-state index is 0.186. The minimum atomic E-state index is -0.186. The lowest BCUT2D eigenvalue weighted by Gasteiger charge is -2.26. The Balaban J connectivity index is 1.89. The van der Waals surface area contributed by atoms with Crippen molar-refractivity contribution in [2.75, 3.05) is 7.11 Å². The molecule has 3 heteroatoms. The Morgan fingerprint density at radius 3 is 2.68 bits per heavy atom. The summed E-state index contributed by atoms with van der Waals surface area (Å²) in [6, 6.07) is 11.2. The van der Waals surface area contributed by atoms with E-state index < -0.39 is 0 Å². The molecule has 0 saturated heterocycles. The van der Waals surface area contributed by atoms with Crippen LogP contribution >= 0.6 is 0 Å². The summed E-state index contributed by atoms with van der Waals surface area (Å²) in [4.78, 5) is 11.4. The number of methoxy groups -OCH3 is 1. The van der Waals surface area contributed by atoms with Crippen molar-refractivity contribution < 1.29 is 9.53 Å². The van der Waals surface area contributed by atoms with Crippen LogP contribution in [-0.4, -0.2) is 19.1 Å². The van der Waals surface area contributed by atoms with Crippen LogP contribution in [0.15, 0.2) is 42.0 Å². The number of ether oxygens (including phenoxy) is 1. The normalized spacial score (nSPS) is 20.5. The van der Waals surface area contributed by atoms with Gasteiger partial charge in [0.1, 0.15) is 0 Å². The summed E-state index contributed by atoms with van der Waals surface area (Å²) < 4.78 is 4.75. The largest absolute Gasteiger partial charge is 0.466 e. The number of esters is 1. The number of carbonyl (C=O) groups excluding carboxylic acids is 1. The molecule has 2 rings (SSSR count). The van der Waals surface area contributed by atoms with Gasteiger partial charge in [-0.2, -0.15) is 0 Å². The first-order chi connectivity index (χ1) is 9.20. The first-order valence-electron chi connectivity index (χ1n) is 6.79. The van der Waals surface area contributed by atoms with Gasteiger partial charge in [0, 0.05) is 17.7 Å². The molecule has 0 amide bonds. The third kappa shape index (κ3) is 3.67. The Kier molecular flexibility index (Phi) is 4.74. The number of nitrogens with one attached hydrogen (secondary N) is 1. The van der Waals surface area contributed by atoms with Crippen molar-refractivity contribution in [3.8, 4) is 0 Å². The van der Waals surface area contributed by atoms with Crippen LogP contribution in [0, 0.1) is 0 Å². The lowest BCUT2D eigenvalue weighted by molar-refractivity contribution is -0.136. The van der Waals surface area contributed by atoms with Crippen molar-refractivity contribution in [3.05, 3.63) is 47.5 Å². The molecule has 3 nitrogen and oxygen atoms in total. The predicted molar refractivity (Wildman–Crippen MR) is 75.7 cm³/mol. The maximum absolute atomic E-state index is 11.4. The molecule has 0 bridgehead atoms. The maximum Gasteiger partial charge on any atom is 0.333 e. The highest BCUT2D eigenvalue weighted by molar-refractivity contribution is 5.88. The Morgan fingerprint density at radius 1 is 1.37 bits per heavy atom. The van der Waals surface area contributed by atoms with Gasteiger partial charge in [-0.05, 0) is 31.7 Å². The average molecular weight is 259 g/mol. The highest BCUT2D eigenvalue weighted by Crippen LogP contribution is 2.22. The van der Waals surface area contributed by atoms with Crippen molar-refractivity contribution >= 4 is 5.97 Å². The summed E-state index contributed by atoms with van der Waals surface area (Å²) in [7, 11) is 1.44. The van der Waals surface area contributed by atoms with Gasteiger partial charge < -0.3 is 10.1 Å². The summed E-state index contributed by atoms with van der Waals surface area (Å²) >= 11 is 0. The van der Waals surface area contributed by atoms with Crippen LogP contribution in [-0.2, 0) is 9.53 Å². The van der Waals surface area contributed by atoms with E-state index >= 15 is 0 Å². The Bertz CT molecular complexity index is 453. The molecule has 0 fully saturated rings. The zero-order valence-corrected chi connectivity index (χ0v) is 11.6. The Morgan fingerprint density at radius 2 is 2.11 bits per heavy atom. The predicted octanol–water partition coefficient (Wildman–Crippen LogP) is 2.99. The zero-order chi connectivity index (χ0) is 13.7. The molecule has 1 aliphatic rings. The van der Waals surface area contributed by atoms with E-state index in [4.69, 9.17) is 4.74 Å². The second-order valence-corrected chi connectivity index (χ2v) is 4.99. The van der Waals surface area contributed by atoms with Crippen LogP contribution in [0.25, 0.3) is 0 Å². The molecule has 0 radical (unpaired) electrons. The maximum atomic E-state index is 11.4. The average Bonchev–Trinajstić information content (AvgIpc) is 2.48. The van der Waals surface area contributed by atoms with Crippen LogP contribution < -0.4 is 5.32 Å². The van der Waals surface area contributed by atoms with Gasteiger partial charge in [-0.1, -0.05) is 36.4 Å². The molecule has 2 atom stereocenters. The number of carbonyl (C=O) groups is 1. The fourth-order valence-corrected chi connectivity index (χ4v) is 2.49. The van der Waals surface area contributed by atoms with Crippen LogP contribution in [0.4, 0.5) is 0 Å². The molecule has 0 aliphatic heterocycles. The van der Waals surface area contributed by atoms with Crippen LogP contribution in [0.1, 0.15) is 37.8 Å². The summed E-state index contributed by atoms with van der Waals surface area (Å²) in [6.07, 6.45) is 4.68. The summed E-state index contributed by atoms with van der Waals surface area (Å²) in [5, 5.41) is 3.62. The third-order valence-corrected chi connectivity index (χ3v) is 3.64. The van der Waals surface area contributed by atoms with E-state index in [-0.39, 0.29) is 5.97 Å². The van der Waals surface area contributed by atoms with Crippen molar-refractivity contribution in [1.82, 2.24) is 5.32 Å². The number of hydrogen-bond acceptors (Lipinski definition) is 3. The Hall–Kier alpha value is -1.61. The van der Waals surface area contributed by atoms with Crippen molar-refractivity contribution in [2.45, 2.75) is 38.3 Å². The van der Waals surface area contributed by atoms with Gasteiger partial charge in [0.05, 0.1) is 7.11 Å². The monoisotopic (exact) mass is 259 g/mol. The van der Waals surface area contributed by atoms with Crippen LogP contribution in [0.5, 0.6) is 0 Å². The highest BCUT2D eigenvalue weighted by Gasteiger charge is 2.20. The molecule has 1 N–H and O–H groups in total. The topological polar surface area (TPSA) is 38.3 Å². The third-order valence-electron chi connectivity index (χ3n) is 3.64. The first-order valence-corrected chi connectivity index (χ1v) is 6.79. The van der Waals surface area contributed by atoms with Gasteiger partial charge >= 0.3 is 5.97 Å². The molecular weight excluding hydrogens is 238 g/mol. The van der Waals surface area contributed by atoms with E-state index in [0.717, 1.165) is 24.8 Å². The van der Waals surface area contributed by atoms with Gasteiger partial charge in [-0.25, -0.2) is 4.79 Å². The van der Waals surface area contributed by atoms with E-state index in [1.807, 2.05) is 12.1 Å². The van der Waals surface area contributed by atoms with Gasteiger partial charge in [-0.3, -0.25) is 0 Å². The smallest absolute Gasteiger partial charge is 0.333 e.